The Morgan fingerprint density at radius 1 is 1.24 bits per heavy atom. The van der Waals surface area contributed by atoms with Crippen molar-refractivity contribution in [2.75, 3.05) is 25.0 Å². The first kappa shape index (κ1) is 22.7. The smallest absolute Gasteiger partial charge is 0.255 e. The molecule has 172 valence electrons. The lowest BCUT2D eigenvalue weighted by Gasteiger charge is -2.21. The van der Waals surface area contributed by atoms with Crippen LogP contribution in [0.4, 0.5) is 11.4 Å². The van der Waals surface area contributed by atoms with Gasteiger partial charge in [-0.05, 0) is 43.2 Å². The number of benzene rings is 1. The van der Waals surface area contributed by atoms with E-state index in [1.54, 1.807) is 18.3 Å². The maximum Gasteiger partial charge on any atom is 0.255 e. The van der Waals surface area contributed by atoms with E-state index in [1.165, 1.54) is 0 Å². The summed E-state index contributed by atoms with van der Waals surface area (Å²) in [7, 11) is 0. The van der Waals surface area contributed by atoms with Crippen LogP contribution in [0.15, 0.2) is 41.0 Å². The molecule has 4 N–H and O–H groups in total. The number of pyridine rings is 1. The molecule has 3 heterocycles. The second kappa shape index (κ2) is 9.95. The highest BCUT2D eigenvalue weighted by atomic mass is 16.2. The summed E-state index contributed by atoms with van der Waals surface area (Å²) >= 11 is 0. The summed E-state index contributed by atoms with van der Waals surface area (Å²) < 4.78 is 0. The van der Waals surface area contributed by atoms with E-state index in [0.717, 1.165) is 42.8 Å². The van der Waals surface area contributed by atoms with E-state index in [2.05, 4.69) is 20.6 Å². The summed E-state index contributed by atoms with van der Waals surface area (Å²) in [6, 6.07) is 7.21. The number of likely N-dealkylation sites (N-methyl/N-ethyl adjacent to an activating group) is 1. The van der Waals surface area contributed by atoms with Gasteiger partial charge in [0.1, 0.15) is 5.84 Å². The average Bonchev–Trinajstić information content (AvgIpc) is 2.99. The number of rotatable bonds is 6. The van der Waals surface area contributed by atoms with Gasteiger partial charge in [-0.2, -0.15) is 0 Å². The van der Waals surface area contributed by atoms with Crippen LogP contribution >= 0.6 is 0 Å². The number of aliphatic imine (C=N–C) groups is 1. The number of carbonyl (C=O) groups excluding carboxylic acids is 2. The molecule has 4 rings (SSSR count). The summed E-state index contributed by atoms with van der Waals surface area (Å²) in [4.78, 5) is 36.7. The molecule has 0 radical (unpaired) electrons. The van der Waals surface area contributed by atoms with Gasteiger partial charge in [0, 0.05) is 61.4 Å². The van der Waals surface area contributed by atoms with Gasteiger partial charge >= 0.3 is 0 Å². The topological polar surface area (TPSA) is 113 Å². The lowest BCUT2D eigenvalue weighted by Crippen LogP contribution is -2.33. The molecule has 2 aliphatic rings. The van der Waals surface area contributed by atoms with Gasteiger partial charge in [0.05, 0.1) is 17.6 Å². The molecule has 1 aromatic carbocycles. The van der Waals surface area contributed by atoms with E-state index >= 15 is 0 Å². The zero-order valence-corrected chi connectivity index (χ0v) is 19.1. The zero-order valence-electron chi connectivity index (χ0n) is 19.1. The summed E-state index contributed by atoms with van der Waals surface area (Å²) in [5.74, 6) is 0.0770. The standard InChI is InChI=1S/C25H30N6O2/c1-3-9-31(4-2)25(33)18-10-16-5-6-17(12-22(16)30-23(26)13-18)24(32)29-20-11-19-14-27-8-7-21(19)28-15-20/h5-6,10-12,15,27H,3-4,7-9,13-14H2,1-2H3,(H2,26,30)(H,29,32). The first-order valence-corrected chi connectivity index (χ1v) is 11.4. The third kappa shape index (κ3) is 5.12. The number of hydrogen-bond acceptors (Lipinski definition) is 6. The molecular weight excluding hydrogens is 416 g/mol. The molecule has 0 unspecified atom stereocenters. The fourth-order valence-electron chi connectivity index (χ4n) is 4.16. The number of fused-ring (bicyclic) bond motifs is 2. The lowest BCUT2D eigenvalue weighted by molar-refractivity contribution is -0.126. The Morgan fingerprint density at radius 3 is 2.88 bits per heavy atom. The molecule has 0 saturated carbocycles. The van der Waals surface area contributed by atoms with Crippen LogP contribution in [0.5, 0.6) is 0 Å². The van der Waals surface area contributed by atoms with E-state index in [1.807, 2.05) is 37.0 Å². The van der Waals surface area contributed by atoms with Crippen molar-refractivity contribution >= 4 is 35.1 Å². The number of amidine groups is 1. The molecule has 1 aromatic heterocycles. The molecule has 2 aromatic rings. The van der Waals surface area contributed by atoms with Crippen molar-refractivity contribution in [2.24, 2.45) is 10.7 Å². The second-order valence-electron chi connectivity index (χ2n) is 8.32. The molecule has 0 saturated heterocycles. The number of nitrogens with two attached hydrogens (primary N) is 1. The summed E-state index contributed by atoms with van der Waals surface area (Å²) in [6.45, 7) is 7.02. The molecule has 0 spiro atoms. The molecule has 2 amide bonds. The molecule has 8 heteroatoms. The van der Waals surface area contributed by atoms with E-state index in [4.69, 9.17) is 5.73 Å². The van der Waals surface area contributed by atoms with Crippen molar-refractivity contribution in [1.29, 1.82) is 0 Å². The largest absolute Gasteiger partial charge is 0.387 e. The normalized spacial score (nSPS) is 14.8. The van der Waals surface area contributed by atoms with E-state index in [0.29, 0.717) is 41.4 Å². The minimum Gasteiger partial charge on any atom is -0.387 e. The number of aromatic nitrogens is 1. The van der Waals surface area contributed by atoms with E-state index in [9.17, 15) is 9.59 Å². The lowest BCUT2D eigenvalue weighted by atomic mass is 10.0. The van der Waals surface area contributed by atoms with Crippen molar-refractivity contribution in [3.63, 3.8) is 0 Å². The maximum atomic E-state index is 13.0. The Balaban J connectivity index is 1.56. The molecule has 33 heavy (non-hydrogen) atoms. The highest BCUT2D eigenvalue weighted by Gasteiger charge is 2.21. The minimum absolute atomic E-state index is 0.0263. The molecular formula is C25H30N6O2. The second-order valence-corrected chi connectivity index (χ2v) is 8.32. The van der Waals surface area contributed by atoms with Crippen LogP contribution in [0.2, 0.25) is 0 Å². The number of amides is 2. The number of hydrogen-bond donors (Lipinski definition) is 3. The highest BCUT2D eigenvalue weighted by Crippen LogP contribution is 2.29. The van der Waals surface area contributed by atoms with Gasteiger partial charge in [-0.25, -0.2) is 4.99 Å². The van der Waals surface area contributed by atoms with Crippen molar-refractivity contribution in [2.45, 2.75) is 39.7 Å². The zero-order chi connectivity index (χ0) is 23.4. The predicted octanol–water partition coefficient (Wildman–Crippen LogP) is 3.01. The van der Waals surface area contributed by atoms with Gasteiger partial charge < -0.3 is 21.3 Å². The molecule has 2 aliphatic heterocycles. The number of nitrogens with one attached hydrogen (secondary N) is 2. The minimum atomic E-state index is -0.248. The van der Waals surface area contributed by atoms with Crippen LogP contribution in [0.3, 0.4) is 0 Å². The first-order chi connectivity index (χ1) is 16.0. The SMILES string of the molecule is CCCN(CC)C(=O)C1=Cc2ccc(C(=O)Nc3cnc4c(c3)CNCC4)cc2N=C(N)C1. The third-order valence-corrected chi connectivity index (χ3v) is 5.87. The Hall–Kier alpha value is -3.52. The Morgan fingerprint density at radius 2 is 2.09 bits per heavy atom. The fourth-order valence-corrected chi connectivity index (χ4v) is 4.16. The van der Waals surface area contributed by atoms with Crippen LogP contribution in [0.25, 0.3) is 6.08 Å². The number of anilines is 1. The summed E-state index contributed by atoms with van der Waals surface area (Å²) in [5.41, 5.74) is 11.4. The van der Waals surface area contributed by atoms with Gasteiger partial charge in [-0.1, -0.05) is 13.0 Å². The van der Waals surface area contributed by atoms with Gasteiger partial charge in [-0.3, -0.25) is 14.6 Å². The maximum absolute atomic E-state index is 13.0. The van der Waals surface area contributed by atoms with E-state index in [-0.39, 0.29) is 18.2 Å². The van der Waals surface area contributed by atoms with Gasteiger partial charge in [0.2, 0.25) is 5.91 Å². The third-order valence-electron chi connectivity index (χ3n) is 5.87. The van der Waals surface area contributed by atoms with Gasteiger partial charge in [0.25, 0.3) is 5.91 Å². The monoisotopic (exact) mass is 446 g/mol. The Labute approximate surface area is 194 Å². The van der Waals surface area contributed by atoms with E-state index < -0.39 is 0 Å². The summed E-state index contributed by atoms with van der Waals surface area (Å²) in [5, 5.41) is 6.24. The van der Waals surface area contributed by atoms with Gasteiger partial charge in [0.15, 0.2) is 0 Å². The predicted molar refractivity (Wildman–Crippen MR) is 130 cm³/mol. The molecule has 0 bridgehead atoms. The Kier molecular flexibility index (Phi) is 6.84. The van der Waals surface area contributed by atoms with Crippen LogP contribution in [0.1, 0.15) is 53.9 Å². The van der Waals surface area contributed by atoms with Crippen LogP contribution in [-0.4, -0.2) is 47.2 Å². The van der Waals surface area contributed by atoms with Crippen molar-refractivity contribution in [1.82, 2.24) is 15.2 Å². The highest BCUT2D eigenvalue weighted by molar-refractivity contribution is 6.07. The van der Waals surface area contributed by atoms with Crippen LogP contribution < -0.4 is 16.4 Å². The number of carbonyl (C=O) groups is 2. The molecule has 0 aliphatic carbocycles. The molecule has 0 fully saturated rings. The fraction of sp³-hybridized carbons (Fsp3) is 0.360. The van der Waals surface area contributed by atoms with Crippen LogP contribution in [0, 0.1) is 0 Å². The quantitative estimate of drug-likeness (QED) is 0.631. The number of nitrogens with zero attached hydrogens (tertiary/aromatic N) is 3. The molecule has 8 nitrogen and oxygen atoms in total. The first-order valence-electron chi connectivity index (χ1n) is 11.4. The summed E-state index contributed by atoms with van der Waals surface area (Å²) in [6.07, 6.45) is 5.59. The van der Waals surface area contributed by atoms with Crippen LogP contribution in [-0.2, 0) is 17.8 Å². The molecule has 0 atom stereocenters. The van der Waals surface area contributed by atoms with Crippen molar-refractivity contribution < 1.29 is 9.59 Å². The van der Waals surface area contributed by atoms with Crippen molar-refractivity contribution in [3.8, 4) is 0 Å². The Bertz CT molecular complexity index is 1140. The van der Waals surface area contributed by atoms with Crippen molar-refractivity contribution in [3.05, 3.63) is 58.4 Å². The van der Waals surface area contributed by atoms with Gasteiger partial charge in [-0.15, -0.1) is 0 Å². The average molecular weight is 447 g/mol.